The molecule has 0 aliphatic heterocycles. The van der Waals surface area contributed by atoms with E-state index in [-0.39, 0.29) is 24.5 Å². The number of esters is 2. The van der Waals surface area contributed by atoms with Crippen LogP contribution in [-0.2, 0) is 23.9 Å². The van der Waals surface area contributed by atoms with Crippen LogP contribution in [0.1, 0.15) is 149 Å². The minimum atomic E-state index is -0.885. The van der Waals surface area contributed by atoms with Gasteiger partial charge >= 0.3 is 11.9 Å². The zero-order valence-corrected chi connectivity index (χ0v) is 28.4. The fourth-order valence-corrected chi connectivity index (χ4v) is 5.39. The summed E-state index contributed by atoms with van der Waals surface area (Å²) in [5.41, 5.74) is 0. The van der Waals surface area contributed by atoms with Crippen molar-refractivity contribution < 1.29 is 28.2 Å². The summed E-state index contributed by atoms with van der Waals surface area (Å²) in [5.74, 6) is -1.58. The zero-order valence-electron chi connectivity index (χ0n) is 28.4. The number of rotatable bonds is 29. The molecule has 1 unspecified atom stereocenters. The lowest BCUT2D eigenvalue weighted by Gasteiger charge is -2.33. The summed E-state index contributed by atoms with van der Waals surface area (Å²) in [6.45, 7) is 5.76. The number of ether oxygens (including phenoxy) is 2. The van der Waals surface area contributed by atoms with Crippen molar-refractivity contribution in [1.29, 1.82) is 0 Å². The maximum Gasteiger partial charge on any atom is 0.366 e. The Bertz CT molecular complexity index is 744. The quantitative estimate of drug-likeness (QED) is 0.0479. The minimum Gasteiger partial charge on any atom is -0.469 e. The highest BCUT2D eigenvalue weighted by atomic mass is 19.1. The molecule has 0 aromatic carbocycles. The number of unbranched alkanes of at least 4 members (excludes halogenated alkanes) is 13. The third-order valence-electron chi connectivity index (χ3n) is 7.94. The molecule has 7 nitrogen and oxygen atoms in total. The van der Waals surface area contributed by atoms with Gasteiger partial charge in [0.05, 0.1) is 13.7 Å². The summed E-state index contributed by atoms with van der Waals surface area (Å²) in [5, 5.41) is 0. The van der Waals surface area contributed by atoms with Crippen molar-refractivity contribution >= 4 is 17.8 Å². The van der Waals surface area contributed by atoms with Gasteiger partial charge in [-0.15, -0.1) is 0 Å². The van der Waals surface area contributed by atoms with Crippen molar-refractivity contribution in [2.45, 2.75) is 155 Å². The predicted octanol–water partition coefficient (Wildman–Crippen LogP) is 8.55. The van der Waals surface area contributed by atoms with E-state index < -0.39 is 11.8 Å². The number of allylic oxidation sites excluding steroid dienone is 1. The second-order valence-electron chi connectivity index (χ2n) is 12.1. The van der Waals surface area contributed by atoms with Crippen molar-refractivity contribution in [3.63, 3.8) is 0 Å². The number of nitrogens with zero attached hydrogens (tertiary/aromatic N) is 2. The second kappa shape index (κ2) is 28.8. The van der Waals surface area contributed by atoms with Crippen LogP contribution in [0, 0.1) is 0 Å². The first-order chi connectivity index (χ1) is 20.8. The zero-order chi connectivity index (χ0) is 32.1. The Morgan fingerprint density at radius 2 is 1.30 bits per heavy atom. The molecular weight excluding hydrogens is 547 g/mol. The van der Waals surface area contributed by atoms with Gasteiger partial charge in [0.15, 0.2) is 0 Å². The lowest BCUT2D eigenvalue weighted by atomic mass is 9.97. The molecule has 8 heteroatoms. The highest BCUT2D eigenvalue weighted by Crippen LogP contribution is 2.21. The number of carbonyl (C=O) groups excluding carboxylic acids is 3. The topological polar surface area (TPSA) is 76.1 Å². The van der Waals surface area contributed by atoms with E-state index in [1.165, 1.54) is 51.7 Å². The monoisotopic (exact) mass is 612 g/mol. The third kappa shape index (κ3) is 24.1. The standard InChI is InChI=1S/C35H65FN2O5/c1-6-8-9-10-11-13-18-24-31(25-19-15-16-20-26-32(36)35(41)43-7-2)38(33(39)27-23-29-37(3)4)30-22-17-12-14-21-28-34(40)42-5/h26,31H,6-25,27-30H2,1-5H3/b32-26-. The maximum absolute atomic E-state index is 13.8. The summed E-state index contributed by atoms with van der Waals surface area (Å²) < 4.78 is 23.3. The van der Waals surface area contributed by atoms with E-state index in [0.717, 1.165) is 90.1 Å². The van der Waals surface area contributed by atoms with Gasteiger partial charge in [-0.05, 0) is 78.6 Å². The molecule has 1 atom stereocenters. The molecule has 0 N–H and O–H groups in total. The highest BCUT2D eigenvalue weighted by molar-refractivity contribution is 5.85. The van der Waals surface area contributed by atoms with Crippen LogP contribution < -0.4 is 0 Å². The van der Waals surface area contributed by atoms with E-state index in [0.29, 0.717) is 19.3 Å². The minimum absolute atomic E-state index is 0.150. The highest BCUT2D eigenvalue weighted by Gasteiger charge is 2.22. The number of carbonyl (C=O) groups is 3. The van der Waals surface area contributed by atoms with Gasteiger partial charge in [0, 0.05) is 25.4 Å². The first-order valence-corrected chi connectivity index (χ1v) is 17.3. The lowest BCUT2D eigenvalue weighted by molar-refractivity contribution is -0.141. The van der Waals surface area contributed by atoms with E-state index >= 15 is 0 Å². The van der Waals surface area contributed by atoms with E-state index in [1.54, 1.807) is 6.92 Å². The summed E-state index contributed by atoms with van der Waals surface area (Å²) in [4.78, 5) is 40.7. The number of hydrogen-bond donors (Lipinski definition) is 0. The molecule has 0 aromatic rings. The van der Waals surface area contributed by atoms with Gasteiger partial charge in [0.25, 0.3) is 0 Å². The summed E-state index contributed by atoms with van der Waals surface area (Å²) in [7, 11) is 5.51. The van der Waals surface area contributed by atoms with Gasteiger partial charge in [0.1, 0.15) is 0 Å². The van der Waals surface area contributed by atoms with Gasteiger partial charge in [-0.1, -0.05) is 84.0 Å². The normalized spacial score (nSPS) is 12.4. The molecule has 43 heavy (non-hydrogen) atoms. The van der Waals surface area contributed by atoms with Gasteiger partial charge in [-0.25, -0.2) is 4.79 Å². The van der Waals surface area contributed by atoms with E-state index in [1.807, 2.05) is 14.1 Å². The Kier molecular flexibility index (Phi) is 27.5. The molecule has 252 valence electrons. The molecule has 0 fully saturated rings. The average molecular weight is 613 g/mol. The molecule has 0 saturated carbocycles. The van der Waals surface area contributed by atoms with Gasteiger partial charge in [-0.3, -0.25) is 9.59 Å². The Morgan fingerprint density at radius 1 is 0.721 bits per heavy atom. The van der Waals surface area contributed by atoms with Gasteiger partial charge in [0.2, 0.25) is 11.7 Å². The smallest absolute Gasteiger partial charge is 0.366 e. The van der Waals surface area contributed by atoms with Crippen LogP contribution in [-0.4, -0.2) is 74.6 Å². The molecule has 0 saturated heterocycles. The van der Waals surface area contributed by atoms with Crippen molar-refractivity contribution in [1.82, 2.24) is 9.80 Å². The van der Waals surface area contributed by atoms with Crippen molar-refractivity contribution in [3.05, 3.63) is 11.9 Å². The number of methoxy groups -OCH3 is 1. The average Bonchev–Trinajstić information content (AvgIpc) is 2.98. The van der Waals surface area contributed by atoms with Crippen LogP contribution >= 0.6 is 0 Å². The number of halogens is 1. The molecule has 0 spiro atoms. The maximum atomic E-state index is 13.8. The van der Waals surface area contributed by atoms with Gasteiger partial charge < -0.3 is 19.3 Å². The third-order valence-corrected chi connectivity index (χ3v) is 7.94. The Balaban J connectivity index is 5.12. The SMILES string of the molecule is CCCCCCCCCC(CCCCC/C=C(\F)C(=O)OCC)N(CCCCCCCC(=O)OC)C(=O)CCCN(C)C. The lowest BCUT2D eigenvalue weighted by Crippen LogP contribution is -2.41. The molecule has 1 amide bonds. The van der Waals surface area contributed by atoms with E-state index in [2.05, 4.69) is 16.7 Å². The Hall–Kier alpha value is -1.96. The molecule has 0 radical (unpaired) electrons. The number of amides is 1. The van der Waals surface area contributed by atoms with Crippen LogP contribution in [0.25, 0.3) is 0 Å². The molecule has 0 rings (SSSR count). The largest absolute Gasteiger partial charge is 0.469 e. The van der Waals surface area contributed by atoms with Crippen molar-refractivity contribution in [2.24, 2.45) is 0 Å². The van der Waals surface area contributed by atoms with Crippen molar-refractivity contribution in [3.8, 4) is 0 Å². The van der Waals surface area contributed by atoms with Crippen LogP contribution in [0.2, 0.25) is 0 Å². The second-order valence-corrected chi connectivity index (χ2v) is 12.1. The Labute approximate surface area is 263 Å². The van der Waals surface area contributed by atoms with Crippen LogP contribution in [0.15, 0.2) is 11.9 Å². The molecule has 0 bridgehead atoms. The molecule has 0 aliphatic rings. The molecular formula is C35H65FN2O5. The van der Waals surface area contributed by atoms with Crippen molar-refractivity contribution in [2.75, 3.05) is 40.9 Å². The number of hydrogen-bond acceptors (Lipinski definition) is 6. The summed E-state index contributed by atoms with van der Waals surface area (Å²) in [6, 6.07) is 0.230. The van der Waals surface area contributed by atoms with Crippen LogP contribution in [0.5, 0.6) is 0 Å². The first kappa shape index (κ1) is 41.0. The fourth-order valence-electron chi connectivity index (χ4n) is 5.39. The Morgan fingerprint density at radius 3 is 1.91 bits per heavy atom. The molecule has 0 aromatic heterocycles. The fraction of sp³-hybridized carbons (Fsp3) is 0.857. The van der Waals surface area contributed by atoms with E-state index in [9.17, 15) is 18.8 Å². The first-order valence-electron chi connectivity index (χ1n) is 17.3. The molecule has 0 heterocycles. The summed E-state index contributed by atoms with van der Waals surface area (Å²) in [6.07, 6.45) is 22.1. The van der Waals surface area contributed by atoms with Crippen LogP contribution in [0.4, 0.5) is 4.39 Å². The van der Waals surface area contributed by atoms with E-state index in [4.69, 9.17) is 9.47 Å². The predicted molar refractivity (Wildman–Crippen MR) is 175 cm³/mol. The summed E-state index contributed by atoms with van der Waals surface area (Å²) >= 11 is 0. The van der Waals surface area contributed by atoms with Crippen LogP contribution in [0.3, 0.4) is 0 Å². The van der Waals surface area contributed by atoms with Gasteiger partial charge in [-0.2, -0.15) is 4.39 Å². The molecule has 0 aliphatic carbocycles.